The van der Waals surface area contributed by atoms with Gasteiger partial charge >= 0.3 is 6.18 Å². The molecule has 0 aromatic carbocycles. The van der Waals surface area contributed by atoms with Crippen LogP contribution in [-0.4, -0.2) is 70.7 Å². The van der Waals surface area contributed by atoms with Gasteiger partial charge in [0.1, 0.15) is 6.61 Å². The molecule has 1 rings (SSSR count). The van der Waals surface area contributed by atoms with Crippen molar-refractivity contribution in [1.82, 2.24) is 10.2 Å². The van der Waals surface area contributed by atoms with E-state index in [1.165, 1.54) is 6.42 Å². The highest BCUT2D eigenvalue weighted by Gasteiger charge is 2.27. The Kier molecular flexibility index (Phi) is 9.23. The molecule has 1 unspecified atom stereocenters. The number of nitrogens with one attached hydrogen (secondary N) is 1. The Balaban J connectivity index is 2.04. The number of likely N-dealkylation sites (tertiary alicyclic amines) is 1. The molecular weight excluding hydrogens is 285 g/mol. The smallest absolute Gasteiger partial charge is 0.383 e. The number of hydrogen-bond acceptors (Lipinski definition) is 4. The second-order valence-electron chi connectivity index (χ2n) is 5.53. The molecule has 1 heterocycles. The van der Waals surface area contributed by atoms with E-state index in [-0.39, 0.29) is 6.61 Å². The predicted octanol–water partition coefficient (Wildman–Crippen LogP) is 1.90. The third-order valence-electron chi connectivity index (χ3n) is 3.55. The van der Waals surface area contributed by atoms with Crippen LogP contribution in [0.25, 0.3) is 0 Å². The van der Waals surface area contributed by atoms with E-state index in [0.717, 1.165) is 39.1 Å². The van der Waals surface area contributed by atoms with Crippen molar-refractivity contribution < 1.29 is 22.6 Å². The molecule has 4 nitrogen and oxygen atoms in total. The van der Waals surface area contributed by atoms with Gasteiger partial charge in [-0.1, -0.05) is 0 Å². The molecule has 1 fully saturated rings. The Labute approximate surface area is 125 Å². The van der Waals surface area contributed by atoms with E-state index in [1.807, 2.05) is 0 Å². The monoisotopic (exact) mass is 312 g/mol. The maximum absolute atomic E-state index is 11.9. The number of rotatable bonds is 10. The van der Waals surface area contributed by atoms with Crippen molar-refractivity contribution in [2.24, 2.45) is 5.92 Å². The first kappa shape index (κ1) is 18.7. The zero-order valence-corrected chi connectivity index (χ0v) is 12.8. The summed E-state index contributed by atoms with van der Waals surface area (Å²) in [6.07, 6.45) is -1.20. The van der Waals surface area contributed by atoms with Gasteiger partial charge in [0, 0.05) is 33.4 Å². The van der Waals surface area contributed by atoms with Crippen LogP contribution in [0.15, 0.2) is 0 Å². The summed E-state index contributed by atoms with van der Waals surface area (Å²) >= 11 is 0. The summed E-state index contributed by atoms with van der Waals surface area (Å²) in [6, 6.07) is 0. The lowest BCUT2D eigenvalue weighted by molar-refractivity contribution is -0.174. The first-order valence-electron chi connectivity index (χ1n) is 7.58. The van der Waals surface area contributed by atoms with Gasteiger partial charge in [0.25, 0.3) is 0 Å². The number of alkyl halides is 3. The minimum atomic E-state index is -4.22. The fourth-order valence-corrected chi connectivity index (χ4v) is 2.58. The molecule has 0 bridgehead atoms. The maximum atomic E-state index is 11.9. The molecule has 1 N–H and O–H groups in total. The van der Waals surface area contributed by atoms with Gasteiger partial charge in [0.05, 0.1) is 6.61 Å². The van der Waals surface area contributed by atoms with E-state index in [1.54, 1.807) is 7.11 Å². The fraction of sp³-hybridized carbons (Fsp3) is 1.00. The topological polar surface area (TPSA) is 33.7 Å². The average Bonchev–Trinajstić information content (AvgIpc) is 2.42. The predicted molar refractivity (Wildman–Crippen MR) is 75.4 cm³/mol. The molecular formula is C14H27F3N2O2. The van der Waals surface area contributed by atoms with Gasteiger partial charge < -0.3 is 19.7 Å². The van der Waals surface area contributed by atoms with Crippen LogP contribution in [0, 0.1) is 5.92 Å². The highest BCUT2D eigenvalue weighted by molar-refractivity contribution is 4.74. The van der Waals surface area contributed by atoms with Gasteiger partial charge in [-0.25, -0.2) is 0 Å². The highest BCUT2D eigenvalue weighted by atomic mass is 19.4. The Hall–Kier alpha value is -0.370. The first-order valence-corrected chi connectivity index (χ1v) is 7.58. The number of methoxy groups -OCH3 is 1. The Morgan fingerprint density at radius 1 is 1.29 bits per heavy atom. The van der Waals surface area contributed by atoms with E-state index in [9.17, 15) is 13.2 Å². The molecule has 1 saturated heterocycles. The molecule has 0 spiro atoms. The van der Waals surface area contributed by atoms with Crippen molar-refractivity contribution in [2.75, 3.05) is 59.7 Å². The Morgan fingerprint density at radius 3 is 2.81 bits per heavy atom. The highest BCUT2D eigenvalue weighted by Crippen LogP contribution is 2.16. The van der Waals surface area contributed by atoms with E-state index in [2.05, 4.69) is 15.0 Å². The van der Waals surface area contributed by atoms with Crippen molar-refractivity contribution in [3.8, 4) is 0 Å². The van der Waals surface area contributed by atoms with Crippen LogP contribution in [0.4, 0.5) is 13.2 Å². The van der Waals surface area contributed by atoms with E-state index in [0.29, 0.717) is 18.9 Å². The third kappa shape index (κ3) is 10.1. The summed E-state index contributed by atoms with van der Waals surface area (Å²) in [5.74, 6) is 0.617. The lowest BCUT2D eigenvalue weighted by Crippen LogP contribution is -2.40. The number of nitrogens with zero attached hydrogens (tertiary/aromatic N) is 1. The minimum Gasteiger partial charge on any atom is -0.383 e. The standard InChI is InChI=1S/C14H27F3N2O2/c1-20-9-5-18-10-13-4-2-6-19(11-13)7-3-8-21-12-14(15,16)17/h13,18H,2-12H2,1H3. The zero-order chi connectivity index (χ0) is 15.6. The summed E-state index contributed by atoms with van der Waals surface area (Å²) in [5, 5.41) is 3.37. The number of ether oxygens (including phenoxy) is 2. The second-order valence-corrected chi connectivity index (χ2v) is 5.53. The maximum Gasteiger partial charge on any atom is 0.411 e. The zero-order valence-electron chi connectivity index (χ0n) is 12.8. The van der Waals surface area contributed by atoms with Gasteiger partial charge in [-0.05, 0) is 38.3 Å². The van der Waals surface area contributed by atoms with Crippen molar-refractivity contribution in [2.45, 2.75) is 25.4 Å². The van der Waals surface area contributed by atoms with Crippen LogP contribution in [0.2, 0.25) is 0 Å². The molecule has 126 valence electrons. The fourth-order valence-electron chi connectivity index (χ4n) is 2.58. The largest absolute Gasteiger partial charge is 0.411 e. The summed E-state index contributed by atoms with van der Waals surface area (Å²) < 4.78 is 45.3. The van der Waals surface area contributed by atoms with Crippen molar-refractivity contribution in [3.63, 3.8) is 0 Å². The minimum absolute atomic E-state index is 0.173. The van der Waals surface area contributed by atoms with Crippen molar-refractivity contribution in [3.05, 3.63) is 0 Å². The number of hydrogen-bond donors (Lipinski definition) is 1. The number of piperidine rings is 1. The van der Waals surface area contributed by atoms with Crippen LogP contribution in [0.3, 0.4) is 0 Å². The molecule has 0 radical (unpaired) electrons. The van der Waals surface area contributed by atoms with Gasteiger partial charge in [0.15, 0.2) is 0 Å². The SMILES string of the molecule is COCCNCC1CCCN(CCCOCC(F)(F)F)C1. The van der Waals surface area contributed by atoms with Crippen LogP contribution < -0.4 is 5.32 Å². The number of halogens is 3. The molecule has 0 aromatic rings. The van der Waals surface area contributed by atoms with Gasteiger partial charge in [-0.2, -0.15) is 13.2 Å². The lowest BCUT2D eigenvalue weighted by atomic mass is 9.98. The van der Waals surface area contributed by atoms with Crippen LogP contribution in [-0.2, 0) is 9.47 Å². The molecule has 0 saturated carbocycles. The normalized spacial score (nSPS) is 20.9. The lowest BCUT2D eigenvalue weighted by Gasteiger charge is -2.32. The summed E-state index contributed by atoms with van der Waals surface area (Å²) in [7, 11) is 1.69. The van der Waals surface area contributed by atoms with E-state index >= 15 is 0 Å². The van der Waals surface area contributed by atoms with Gasteiger partial charge in [0.2, 0.25) is 0 Å². The Morgan fingerprint density at radius 2 is 2.10 bits per heavy atom. The quantitative estimate of drug-likeness (QED) is 0.625. The molecule has 7 heteroatoms. The van der Waals surface area contributed by atoms with Gasteiger partial charge in [-0.15, -0.1) is 0 Å². The van der Waals surface area contributed by atoms with Crippen LogP contribution in [0.5, 0.6) is 0 Å². The molecule has 1 aliphatic heterocycles. The van der Waals surface area contributed by atoms with E-state index < -0.39 is 12.8 Å². The molecule has 1 aliphatic rings. The molecule has 1 atom stereocenters. The molecule has 0 aromatic heterocycles. The van der Waals surface area contributed by atoms with Crippen LogP contribution >= 0.6 is 0 Å². The van der Waals surface area contributed by atoms with Crippen molar-refractivity contribution >= 4 is 0 Å². The molecule has 0 aliphatic carbocycles. The third-order valence-corrected chi connectivity index (χ3v) is 3.55. The summed E-state index contributed by atoms with van der Waals surface area (Å²) in [6.45, 7) is 4.45. The second kappa shape index (κ2) is 10.4. The van der Waals surface area contributed by atoms with Gasteiger partial charge in [-0.3, -0.25) is 0 Å². The first-order chi connectivity index (χ1) is 10.0. The average molecular weight is 312 g/mol. The Bertz CT molecular complexity index is 265. The van der Waals surface area contributed by atoms with Crippen molar-refractivity contribution in [1.29, 1.82) is 0 Å². The summed E-state index contributed by atoms with van der Waals surface area (Å²) in [4.78, 5) is 2.32. The summed E-state index contributed by atoms with van der Waals surface area (Å²) in [5.41, 5.74) is 0. The van der Waals surface area contributed by atoms with E-state index in [4.69, 9.17) is 4.74 Å². The van der Waals surface area contributed by atoms with Crippen LogP contribution in [0.1, 0.15) is 19.3 Å². The molecule has 0 amide bonds. The molecule has 21 heavy (non-hydrogen) atoms.